The van der Waals surface area contributed by atoms with Crippen LogP contribution < -0.4 is 4.74 Å². The zero-order chi connectivity index (χ0) is 9.26. The summed E-state index contributed by atoms with van der Waals surface area (Å²) in [4.78, 5) is 0. The summed E-state index contributed by atoms with van der Waals surface area (Å²) in [5, 5.41) is 0.542. The molecule has 0 spiro atoms. The van der Waals surface area contributed by atoms with E-state index in [1.165, 1.54) is 17.5 Å². The molecule has 1 nitrogen and oxygen atoms in total. The molecule has 2 heteroatoms. The van der Waals surface area contributed by atoms with E-state index in [1.54, 1.807) is 7.11 Å². The molecule has 0 saturated heterocycles. The molecule has 0 fully saturated rings. The van der Waals surface area contributed by atoms with Gasteiger partial charge in [0.1, 0.15) is 5.75 Å². The van der Waals surface area contributed by atoms with Crippen molar-refractivity contribution in [1.82, 2.24) is 0 Å². The van der Waals surface area contributed by atoms with Crippen LogP contribution in [0.2, 0.25) is 0 Å². The van der Waals surface area contributed by atoms with Gasteiger partial charge in [-0.3, -0.25) is 0 Å². The summed E-state index contributed by atoms with van der Waals surface area (Å²) in [6.45, 7) is 0. The first-order chi connectivity index (χ1) is 6.29. The van der Waals surface area contributed by atoms with Crippen molar-refractivity contribution in [3.05, 3.63) is 29.3 Å². The summed E-state index contributed by atoms with van der Waals surface area (Å²) >= 11 is 4.50. The first kappa shape index (κ1) is 8.95. The van der Waals surface area contributed by atoms with Crippen LogP contribution in [0.4, 0.5) is 0 Å². The summed E-state index contributed by atoms with van der Waals surface area (Å²) < 4.78 is 5.19. The summed E-state index contributed by atoms with van der Waals surface area (Å²) in [6.07, 6.45) is 3.42. The van der Waals surface area contributed by atoms with E-state index in [9.17, 15) is 0 Å². The van der Waals surface area contributed by atoms with Gasteiger partial charge in [-0.2, -0.15) is 12.6 Å². The molecule has 70 valence electrons. The monoisotopic (exact) mass is 194 g/mol. The molecule has 0 amide bonds. The minimum absolute atomic E-state index is 0.542. The second kappa shape index (κ2) is 3.62. The van der Waals surface area contributed by atoms with Gasteiger partial charge >= 0.3 is 0 Å². The Kier molecular flexibility index (Phi) is 2.49. The van der Waals surface area contributed by atoms with E-state index in [0.29, 0.717) is 5.25 Å². The highest BCUT2D eigenvalue weighted by Crippen LogP contribution is 2.27. The highest BCUT2D eigenvalue weighted by atomic mass is 32.1. The molecule has 0 saturated carbocycles. The van der Waals surface area contributed by atoms with Crippen molar-refractivity contribution in [1.29, 1.82) is 0 Å². The van der Waals surface area contributed by atoms with E-state index in [1.807, 2.05) is 6.07 Å². The smallest absolute Gasteiger partial charge is 0.119 e. The third-order valence-electron chi connectivity index (χ3n) is 2.62. The molecular formula is C11H14OS. The maximum absolute atomic E-state index is 5.19. The Labute approximate surface area is 84.5 Å². The quantitative estimate of drug-likeness (QED) is 0.676. The van der Waals surface area contributed by atoms with Gasteiger partial charge < -0.3 is 4.74 Å². The molecule has 0 radical (unpaired) electrons. The largest absolute Gasteiger partial charge is 0.497 e. The minimum Gasteiger partial charge on any atom is -0.497 e. The fourth-order valence-electron chi connectivity index (χ4n) is 1.84. The van der Waals surface area contributed by atoms with E-state index in [0.717, 1.165) is 18.6 Å². The van der Waals surface area contributed by atoms with Gasteiger partial charge in [-0.1, -0.05) is 6.07 Å². The number of hydrogen-bond donors (Lipinski definition) is 1. The van der Waals surface area contributed by atoms with E-state index in [4.69, 9.17) is 4.74 Å². The molecule has 0 N–H and O–H groups in total. The molecule has 1 aromatic rings. The molecular weight excluding hydrogens is 180 g/mol. The lowest BCUT2D eigenvalue weighted by Crippen LogP contribution is -2.13. The second-order valence-corrected chi connectivity index (χ2v) is 4.26. The molecule has 13 heavy (non-hydrogen) atoms. The Balaban J connectivity index is 2.31. The molecule has 0 bridgehead atoms. The van der Waals surface area contributed by atoms with Crippen molar-refractivity contribution < 1.29 is 4.74 Å². The van der Waals surface area contributed by atoms with Crippen LogP contribution in [0.15, 0.2) is 18.2 Å². The number of benzene rings is 1. The van der Waals surface area contributed by atoms with Crippen molar-refractivity contribution in [2.45, 2.75) is 24.5 Å². The summed E-state index contributed by atoms with van der Waals surface area (Å²) in [6, 6.07) is 6.34. The topological polar surface area (TPSA) is 9.23 Å². The van der Waals surface area contributed by atoms with Crippen LogP contribution in [-0.4, -0.2) is 12.4 Å². The number of fused-ring (bicyclic) bond motifs is 1. The zero-order valence-electron chi connectivity index (χ0n) is 7.79. The number of aryl methyl sites for hydroxylation is 1. The van der Waals surface area contributed by atoms with Crippen LogP contribution in [0.5, 0.6) is 5.75 Å². The summed E-state index contributed by atoms with van der Waals surface area (Å²) in [5.74, 6) is 0.969. The summed E-state index contributed by atoms with van der Waals surface area (Å²) in [5.41, 5.74) is 2.87. The van der Waals surface area contributed by atoms with Gasteiger partial charge in [0, 0.05) is 5.25 Å². The zero-order valence-corrected chi connectivity index (χ0v) is 8.68. The van der Waals surface area contributed by atoms with E-state index in [-0.39, 0.29) is 0 Å². The predicted molar refractivity (Wildman–Crippen MR) is 57.8 cm³/mol. The Bertz CT molecular complexity index is 309. The lowest BCUT2D eigenvalue weighted by molar-refractivity contribution is 0.413. The molecule has 1 unspecified atom stereocenters. The van der Waals surface area contributed by atoms with Gasteiger partial charge in [0.25, 0.3) is 0 Å². The van der Waals surface area contributed by atoms with Gasteiger partial charge in [-0.25, -0.2) is 0 Å². The molecule has 0 aromatic heterocycles. The highest BCUT2D eigenvalue weighted by Gasteiger charge is 2.15. The van der Waals surface area contributed by atoms with Crippen LogP contribution >= 0.6 is 12.6 Å². The SMILES string of the molecule is COc1ccc2c(c1)CCC(S)C2. The molecule has 1 aliphatic rings. The molecule has 1 aromatic carbocycles. The average Bonchev–Trinajstić information content (AvgIpc) is 2.17. The van der Waals surface area contributed by atoms with E-state index >= 15 is 0 Å². The number of hydrogen-bond acceptors (Lipinski definition) is 2. The van der Waals surface area contributed by atoms with Crippen molar-refractivity contribution in [3.63, 3.8) is 0 Å². The van der Waals surface area contributed by atoms with Gasteiger partial charge in [0.15, 0.2) is 0 Å². The molecule has 2 rings (SSSR count). The fraction of sp³-hybridized carbons (Fsp3) is 0.455. The Morgan fingerprint density at radius 2 is 2.23 bits per heavy atom. The van der Waals surface area contributed by atoms with Gasteiger partial charge in [0.05, 0.1) is 7.11 Å². The van der Waals surface area contributed by atoms with Crippen LogP contribution in [-0.2, 0) is 12.8 Å². The minimum atomic E-state index is 0.542. The van der Waals surface area contributed by atoms with Crippen molar-refractivity contribution in [3.8, 4) is 5.75 Å². The van der Waals surface area contributed by atoms with E-state index in [2.05, 4.69) is 24.8 Å². The Morgan fingerprint density at radius 3 is 3.00 bits per heavy atom. The van der Waals surface area contributed by atoms with Crippen molar-refractivity contribution >= 4 is 12.6 Å². The van der Waals surface area contributed by atoms with Gasteiger partial charge in [-0.15, -0.1) is 0 Å². The second-order valence-electron chi connectivity index (χ2n) is 3.53. The number of methoxy groups -OCH3 is 1. The first-order valence-electron chi connectivity index (χ1n) is 4.63. The van der Waals surface area contributed by atoms with Crippen LogP contribution in [0.25, 0.3) is 0 Å². The first-order valence-corrected chi connectivity index (χ1v) is 5.15. The van der Waals surface area contributed by atoms with Crippen LogP contribution in [0.1, 0.15) is 17.5 Å². The molecule has 1 atom stereocenters. The van der Waals surface area contributed by atoms with E-state index < -0.39 is 0 Å². The van der Waals surface area contributed by atoms with Crippen molar-refractivity contribution in [2.24, 2.45) is 0 Å². The molecule has 0 aliphatic heterocycles. The van der Waals surface area contributed by atoms with Crippen LogP contribution in [0.3, 0.4) is 0 Å². The fourth-order valence-corrected chi connectivity index (χ4v) is 2.16. The third kappa shape index (κ3) is 1.83. The molecule has 1 aliphatic carbocycles. The lowest BCUT2D eigenvalue weighted by atomic mass is 9.91. The standard InChI is InChI=1S/C11H14OS/c1-12-10-4-2-9-7-11(13)5-3-8(9)6-10/h2,4,6,11,13H,3,5,7H2,1H3. The Morgan fingerprint density at radius 1 is 1.38 bits per heavy atom. The van der Waals surface area contributed by atoms with Crippen LogP contribution in [0, 0.1) is 0 Å². The van der Waals surface area contributed by atoms with Gasteiger partial charge in [-0.05, 0) is 42.5 Å². The highest BCUT2D eigenvalue weighted by molar-refractivity contribution is 7.80. The van der Waals surface area contributed by atoms with Crippen molar-refractivity contribution in [2.75, 3.05) is 7.11 Å². The van der Waals surface area contributed by atoms with Gasteiger partial charge in [0.2, 0.25) is 0 Å². The molecule has 0 heterocycles. The normalized spacial score (nSPS) is 20.9. The number of rotatable bonds is 1. The average molecular weight is 194 g/mol. The maximum atomic E-state index is 5.19. The number of ether oxygens (including phenoxy) is 1. The third-order valence-corrected chi connectivity index (χ3v) is 3.06. The predicted octanol–water partition coefficient (Wildman–Crippen LogP) is 2.48. The lowest BCUT2D eigenvalue weighted by Gasteiger charge is -2.21. The number of thiol groups is 1. The maximum Gasteiger partial charge on any atom is 0.119 e. The summed E-state index contributed by atoms with van der Waals surface area (Å²) in [7, 11) is 1.71. The Hall–Kier alpha value is -0.630.